The topological polar surface area (TPSA) is 12.9 Å². The second-order valence-electron chi connectivity index (χ2n) is 2.64. The van der Waals surface area contributed by atoms with Gasteiger partial charge in [0.1, 0.15) is 14.4 Å². The highest BCUT2D eigenvalue weighted by Gasteiger charge is 2.25. The van der Waals surface area contributed by atoms with Gasteiger partial charge in [-0.05, 0) is 0 Å². The molecule has 0 unspecified atom stereocenters. The van der Waals surface area contributed by atoms with E-state index in [2.05, 4.69) is 4.37 Å². The van der Waals surface area contributed by atoms with Crippen molar-refractivity contribution in [1.29, 1.82) is 0 Å². The summed E-state index contributed by atoms with van der Waals surface area (Å²) >= 11 is 19.6. The van der Waals surface area contributed by atoms with Crippen LogP contribution in [0.3, 0.4) is 0 Å². The SMILES string of the molecule is Clc1sc(Cl)c2c(Cl)c3ssnc-3c12. The van der Waals surface area contributed by atoms with E-state index in [9.17, 15) is 0 Å². The molecule has 7 heteroatoms. The minimum absolute atomic E-state index is 0.644. The zero-order chi connectivity index (χ0) is 9.87. The lowest BCUT2D eigenvalue weighted by molar-refractivity contribution is 1.62. The Morgan fingerprint density at radius 1 is 1.00 bits per heavy atom. The summed E-state index contributed by atoms with van der Waals surface area (Å²) in [6, 6.07) is 0. The molecule has 1 nitrogen and oxygen atoms in total. The first-order valence-corrected chi connectivity index (χ1v) is 7.56. The summed E-state index contributed by atoms with van der Waals surface area (Å²) in [7, 11) is 2.96. The van der Waals surface area contributed by atoms with Crippen LogP contribution in [0.2, 0.25) is 13.7 Å². The Balaban J connectivity index is 2.65. The molecule has 0 spiro atoms. The Kier molecular flexibility index (Phi) is 2.20. The van der Waals surface area contributed by atoms with Crippen LogP contribution in [-0.2, 0) is 0 Å². The molecule has 0 saturated carbocycles. The highest BCUT2D eigenvalue weighted by Crippen LogP contribution is 2.53. The van der Waals surface area contributed by atoms with Gasteiger partial charge in [0, 0.05) is 21.3 Å². The molecule has 1 aromatic rings. The van der Waals surface area contributed by atoms with Crippen LogP contribution in [-0.4, -0.2) is 4.37 Å². The largest absolute Gasteiger partial charge is 0.181 e. The zero-order valence-corrected chi connectivity index (χ0v) is 11.0. The summed E-state index contributed by atoms with van der Waals surface area (Å²) in [4.78, 5) is 0.985. The first kappa shape index (κ1) is 9.63. The van der Waals surface area contributed by atoms with Gasteiger partial charge in [0.25, 0.3) is 0 Å². The second kappa shape index (κ2) is 3.20. The van der Waals surface area contributed by atoms with Crippen LogP contribution in [0.5, 0.6) is 0 Å². The molecule has 0 bridgehead atoms. The molecular formula is C7Cl3NS3. The van der Waals surface area contributed by atoms with Crippen molar-refractivity contribution in [2.24, 2.45) is 0 Å². The van der Waals surface area contributed by atoms with Crippen molar-refractivity contribution < 1.29 is 0 Å². The van der Waals surface area contributed by atoms with Crippen LogP contribution in [0.15, 0.2) is 0 Å². The van der Waals surface area contributed by atoms with E-state index in [-0.39, 0.29) is 0 Å². The molecule has 0 fully saturated rings. The average molecular weight is 301 g/mol. The summed E-state index contributed by atoms with van der Waals surface area (Å²) < 4.78 is 5.59. The number of rotatable bonds is 0. The summed E-state index contributed by atoms with van der Waals surface area (Å²) in [5.74, 6) is 0. The summed E-state index contributed by atoms with van der Waals surface area (Å²) in [6.07, 6.45) is 0. The van der Waals surface area contributed by atoms with E-state index in [0.717, 1.165) is 21.3 Å². The van der Waals surface area contributed by atoms with Crippen LogP contribution in [0.4, 0.5) is 0 Å². The molecule has 1 aliphatic heterocycles. The van der Waals surface area contributed by atoms with Gasteiger partial charge in [-0.25, -0.2) is 0 Å². The Bertz CT molecular complexity index is 593. The van der Waals surface area contributed by atoms with Gasteiger partial charge in [-0.15, -0.1) is 11.3 Å². The van der Waals surface area contributed by atoms with E-state index in [1.54, 1.807) is 10.3 Å². The fraction of sp³-hybridized carbons (Fsp3) is 0. The van der Waals surface area contributed by atoms with Crippen molar-refractivity contribution >= 4 is 77.8 Å². The summed E-state index contributed by atoms with van der Waals surface area (Å²) in [6.45, 7) is 0. The Morgan fingerprint density at radius 2 is 1.71 bits per heavy atom. The monoisotopic (exact) mass is 299 g/mol. The van der Waals surface area contributed by atoms with Crippen LogP contribution in [0.25, 0.3) is 21.3 Å². The third-order valence-corrected chi connectivity index (χ3v) is 5.88. The van der Waals surface area contributed by atoms with Crippen molar-refractivity contribution in [2.75, 3.05) is 0 Å². The molecule has 1 aromatic heterocycles. The standard InChI is InChI=1S/C7Cl3NS3/c8-3-1-2(7(10)12-6(1)9)4-5(3)13-14-11-4. The van der Waals surface area contributed by atoms with Gasteiger partial charge < -0.3 is 0 Å². The van der Waals surface area contributed by atoms with Crippen molar-refractivity contribution in [3.8, 4) is 10.6 Å². The number of thiophene rings is 1. The molecule has 14 heavy (non-hydrogen) atoms. The number of halogens is 3. The van der Waals surface area contributed by atoms with Crippen LogP contribution >= 0.6 is 67.0 Å². The quantitative estimate of drug-likeness (QED) is 0.501. The minimum atomic E-state index is 0.644. The molecule has 0 amide bonds. The molecule has 0 radical (unpaired) electrons. The number of aromatic nitrogens is 1. The average Bonchev–Trinajstić information content (AvgIpc) is 2.72. The fourth-order valence-electron chi connectivity index (χ4n) is 1.37. The lowest BCUT2D eigenvalue weighted by atomic mass is 10.3. The molecule has 0 aromatic carbocycles. The number of fused-ring (bicyclic) bond motifs is 3. The molecule has 72 valence electrons. The predicted molar refractivity (Wildman–Crippen MR) is 67.0 cm³/mol. The number of hydrogen-bond donors (Lipinski definition) is 0. The molecule has 2 aliphatic rings. The Labute approximate surface area is 106 Å². The third-order valence-electron chi connectivity index (χ3n) is 1.94. The van der Waals surface area contributed by atoms with Gasteiger partial charge >= 0.3 is 0 Å². The first-order chi connectivity index (χ1) is 6.70. The van der Waals surface area contributed by atoms with E-state index in [1.807, 2.05) is 0 Å². The van der Waals surface area contributed by atoms with Crippen LogP contribution in [0.1, 0.15) is 0 Å². The van der Waals surface area contributed by atoms with Gasteiger partial charge in [-0.1, -0.05) is 45.1 Å². The van der Waals surface area contributed by atoms with Gasteiger partial charge in [0.15, 0.2) is 0 Å². The maximum atomic E-state index is 6.19. The smallest absolute Gasteiger partial charge is 0.107 e. The van der Waals surface area contributed by atoms with Crippen molar-refractivity contribution in [3.05, 3.63) is 13.7 Å². The van der Waals surface area contributed by atoms with E-state index < -0.39 is 0 Å². The highest BCUT2D eigenvalue weighted by atomic mass is 35.5. The van der Waals surface area contributed by atoms with E-state index in [0.29, 0.717) is 13.7 Å². The molecule has 1 aliphatic carbocycles. The normalized spacial score (nSPS) is 11.9. The van der Waals surface area contributed by atoms with E-state index in [4.69, 9.17) is 34.8 Å². The molecule has 2 heterocycles. The summed E-state index contributed by atoms with van der Waals surface area (Å²) in [5.41, 5.74) is 0.883. The number of nitrogens with zero attached hydrogens (tertiary/aromatic N) is 1. The molecular weight excluding hydrogens is 301 g/mol. The third kappa shape index (κ3) is 1.10. The van der Waals surface area contributed by atoms with Gasteiger partial charge in [0.05, 0.1) is 9.90 Å². The molecule has 0 saturated heterocycles. The van der Waals surface area contributed by atoms with Crippen molar-refractivity contribution in [2.45, 2.75) is 0 Å². The Morgan fingerprint density at radius 3 is 2.50 bits per heavy atom. The zero-order valence-electron chi connectivity index (χ0n) is 6.31. The van der Waals surface area contributed by atoms with E-state index >= 15 is 0 Å². The lowest BCUT2D eigenvalue weighted by Crippen LogP contribution is -1.64. The van der Waals surface area contributed by atoms with Crippen LogP contribution < -0.4 is 0 Å². The maximum absolute atomic E-state index is 6.19. The molecule has 0 N–H and O–H groups in total. The van der Waals surface area contributed by atoms with Gasteiger partial charge in [-0.2, -0.15) is 4.37 Å². The van der Waals surface area contributed by atoms with Crippen LogP contribution in [0, 0.1) is 0 Å². The fourth-order valence-corrected chi connectivity index (χ4v) is 5.60. The van der Waals surface area contributed by atoms with Gasteiger partial charge in [-0.3, -0.25) is 0 Å². The first-order valence-electron chi connectivity index (χ1n) is 3.50. The van der Waals surface area contributed by atoms with Crippen molar-refractivity contribution in [1.82, 2.24) is 4.37 Å². The maximum Gasteiger partial charge on any atom is 0.107 e. The van der Waals surface area contributed by atoms with E-state index in [1.165, 1.54) is 21.9 Å². The Hall–Kier alpha value is 0.420. The number of hydrogen-bond acceptors (Lipinski definition) is 4. The molecule has 0 atom stereocenters. The molecule has 3 rings (SSSR count). The van der Waals surface area contributed by atoms with Crippen molar-refractivity contribution in [3.63, 3.8) is 0 Å². The lowest BCUT2D eigenvalue weighted by Gasteiger charge is -1.85. The highest BCUT2D eigenvalue weighted by molar-refractivity contribution is 7.68. The minimum Gasteiger partial charge on any atom is -0.181 e. The van der Waals surface area contributed by atoms with Gasteiger partial charge in [0.2, 0.25) is 0 Å². The second-order valence-corrected chi connectivity index (χ2v) is 7.10. The predicted octanol–water partition coefficient (Wildman–Crippen LogP) is 5.48. The summed E-state index contributed by atoms with van der Waals surface area (Å²) in [5, 5.41) is 2.44.